The van der Waals surface area contributed by atoms with Gasteiger partial charge in [0.25, 0.3) is 0 Å². The lowest BCUT2D eigenvalue weighted by molar-refractivity contribution is 0.0796. The van der Waals surface area contributed by atoms with Crippen LogP contribution in [0.3, 0.4) is 0 Å². The van der Waals surface area contributed by atoms with Gasteiger partial charge in [0.2, 0.25) is 0 Å². The number of benzene rings is 1. The molecule has 1 aromatic heterocycles. The largest absolute Gasteiger partial charge is 0.375 e. The maximum absolute atomic E-state index is 6.16. The van der Waals surface area contributed by atoms with Crippen LogP contribution in [0.2, 0.25) is 0 Å². The van der Waals surface area contributed by atoms with Gasteiger partial charge in [-0.05, 0) is 10.8 Å². The molecule has 2 N–H and O–H groups in total. The predicted octanol–water partition coefficient (Wildman–Crippen LogP) is 0.468. The first-order valence-corrected chi connectivity index (χ1v) is 5.77. The van der Waals surface area contributed by atoms with Gasteiger partial charge in [-0.25, -0.2) is 0 Å². The molecule has 0 spiro atoms. The highest BCUT2D eigenvalue weighted by Crippen LogP contribution is 2.20. The molecular weight excluding hydrogens is 230 g/mol. The Morgan fingerprint density at radius 3 is 2.61 bits per heavy atom. The maximum Gasteiger partial charge on any atom is 0.176 e. The van der Waals surface area contributed by atoms with Crippen LogP contribution in [0, 0.1) is 0 Å². The Bertz CT molecular complexity index is 484. The Kier molecular flexibility index (Phi) is 4.01. The van der Waals surface area contributed by atoms with Crippen molar-refractivity contribution in [2.75, 3.05) is 7.11 Å². The first-order chi connectivity index (χ1) is 8.70. The van der Waals surface area contributed by atoms with E-state index in [2.05, 4.69) is 15.4 Å². The van der Waals surface area contributed by atoms with Gasteiger partial charge >= 0.3 is 0 Å². The zero-order valence-corrected chi connectivity index (χ0v) is 10.5. The van der Waals surface area contributed by atoms with Crippen LogP contribution < -0.4 is 5.73 Å². The normalized spacial score (nSPS) is 14.4. The van der Waals surface area contributed by atoms with Crippen molar-refractivity contribution in [2.45, 2.75) is 18.6 Å². The minimum absolute atomic E-state index is 0.171. The molecule has 2 rings (SSSR count). The van der Waals surface area contributed by atoms with Crippen molar-refractivity contribution in [3.05, 3.63) is 41.7 Å². The molecule has 2 unspecified atom stereocenters. The second kappa shape index (κ2) is 5.70. The van der Waals surface area contributed by atoms with Crippen molar-refractivity contribution in [3.8, 4) is 0 Å². The van der Waals surface area contributed by atoms with Crippen LogP contribution in [0.15, 0.2) is 30.3 Å². The zero-order valence-electron chi connectivity index (χ0n) is 10.5. The highest BCUT2D eigenvalue weighted by atomic mass is 16.5. The molecule has 0 fully saturated rings. The van der Waals surface area contributed by atoms with E-state index in [4.69, 9.17) is 10.5 Å². The topological polar surface area (TPSA) is 78.9 Å². The summed E-state index contributed by atoms with van der Waals surface area (Å²) in [4.78, 5) is 1.42. The van der Waals surface area contributed by atoms with E-state index in [1.807, 2.05) is 30.3 Å². The molecule has 0 aliphatic heterocycles. The molecule has 0 aliphatic carbocycles. The Morgan fingerprint density at radius 1 is 1.33 bits per heavy atom. The van der Waals surface area contributed by atoms with E-state index >= 15 is 0 Å². The van der Waals surface area contributed by atoms with Gasteiger partial charge in [0.1, 0.15) is 0 Å². The van der Waals surface area contributed by atoms with Crippen LogP contribution in [-0.4, -0.2) is 33.4 Å². The third kappa shape index (κ3) is 2.91. The number of aromatic nitrogens is 4. The van der Waals surface area contributed by atoms with Crippen molar-refractivity contribution in [1.82, 2.24) is 20.2 Å². The molecule has 2 aromatic rings. The van der Waals surface area contributed by atoms with Gasteiger partial charge in [-0.3, -0.25) is 0 Å². The van der Waals surface area contributed by atoms with E-state index in [0.29, 0.717) is 12.2 Å². The van der Waals surface area contributed by atoms with Gasteiger partial charge in [0.05, 0.1) is 13.2 Å². The summed E-state index contributed by atoms with van der Waals surface area (Å²) in [5, 5.41) is 11.8. The van der Waals surface area contributed by atoms with Crippen LogP contribution in [0.1, 0.15) is 17.5 Å². The Hall–Kier alpha value is -1.79. The van der Waals surface area contributed by atoms with Gasteiger partial charge in [-0.2, -0.15) is 4.80 Å². The van der Waals surface area contributed by atoms with Crippen LogP contribution in [0.25, 0.3) is 0 Å². The molecule has 6 nitrogen and oxygen atoms in total. The summed E-state index contributed by atoms with van der Waals surface area (Å²) in [6.45, 7) is 0. The third-order valence-corrected chi connectivity index (χ3v) is 2.74. The predicted molar refractivity (Wildman–Crippen MR) is 66.7 cm³/mol. The number of nitrogens with two attached hydrogens (primary N) is 1. The molecule has 1 heterocycles. The molecule has 0 saturated carbocycles. The van der Waals surface area contributed by atoms with Crippen LogP contribution in [0.5, 0.6) is 0 Å². The molecule has 0 radical (unpaired) electrons. The summed E-state index contributed by atoms with van der Waals surface area (Å²) < 4.78 is 5.47. The minimum atomic E-state index is -0.207. The lowest BCUT2D eigenvalue weighted by Gasteiger charge is -2.21. The lowest BCUT2D eigenvalue weighted by atomic mass is 10.0. The molecule has 2 atom stereocenters. The number of methoxy groups -OCH3 is 1. The van der Waals surface area contributed by atoms with Crippen molar-refractivity contribution in [3.63, 3.8) is 0 Å². The van der Waals surface area contributed by atoms with Gasteiger partial charge in [-0.15, -0.1) is 10.2 Å². The maximum atomic E-state index is 6.16. The molecule has 0 amide bonds. The standard InChI is InChI=1S/C12H17N5O/c1-17-15-11(14-16-17)8-10(13)12(18-2)9-6-4-3-5-7-9/h3-7,10,12H,8,13H2,1-2H3. The first kappa shape index (κ1) is 12.7. The number of ether oxygens (including phenoxy) is 1. The molecule has 0 saturated heterocycles. The average Bonchev–Trinajstić information content (AvgIpc) is 2.77. The monoisotopic (exact) mass is 247 g/mol. The number of rotatable bonds is 5. The number of aryl methyl sites for hydroxylation is 1. The molecule has 6 heteroatoms. The van der Waals surface area contributed by atoms with E-state index in [-0.39, 0.29) is 12.1 Å². The van der Waals surface area contributed by atoms with Crippen LogP contribution in [-0.2, 0) is 18.2 Å². The van der Waals surface area contributed by atoms with Gasteiger partial charge in [0, 0.05) is 19.6 Å². The zero-order chi connectivity index (χ0) is 13.0. The number of hydrogen-bond donors (Lipinski definition) is 1. The molecule has 18 heavy (non-hydrogen) atoms. The van der Waals surface area contributed by atoms with E-state index < -0.39 is 0 Å². The number of nitrogens with zero attached hydrogens (tertiary/aromatic N) is 4. The Balaban J connectivity index is 2.08. The SMILES string of the molecule is COC(c1ccccc1)C(N)Cc1nnn(C)n1. The summed E-state index contributed by atoms with van der Waals surface area (Å²) in [7, 11) is 3.38. The summed E-state index contributed by atoms with van der Waals surface area (Å²) in [5.41, 5.74) is 7.21. The molecule has 0 bridgehead atoms. The third-order valence-electron chi connectivity index (χ3n) is 2.74. The first-order valence-electron chi connectivity index (χ1n) is 5.77. The lowest BCUT2D eigenvalue weighted by Crippen LogP contribution is -2.32. The Labute approximate surface area is 106 Å². The van der Waals surface area contributed by atoms with Crippen molar-refractivity contribution in [2.24, 2.45) is 12.8 Å². The summed E-state index contributed by atoms with van der Waals surface area (Å²) in [5.74, 6) is 0.628. The van der Waals surface area contributed by atoms with Crippen molar-refractivity contribution in [1.29, 1.82) is 0 Å². The molecule has 1 aromatic carbocycles. The summed E-state index contributed by atoms with van der Waals surface area (Å²) >= 11 is 0. The highest BCUT2D eigenvalue weighted by molar-refractivity contribution is 5.19. The summed E-state index contributed by atoms with van der Waals surface area (Å²) in [6, 6.07) is 9.69. The van der Waals surface area contributed by atoms with Gasteiger partial charge < -0.3 is 10.5 Å². The smallest absolute Gasteiger partial charge is 0.176 e. The molecule has 0 aliphatic rings. The van der Waals surface area contributed by atoms with E-state index in [9.17, 15) is 0 Å². The Morgan fingerprint density at radius 2 is 2.06 bits per heavy atom. The second-order valence-corrected chi connectivity index (χ2v) is 4.13. The van der Waals surface area contributed by atoms with E-state index in [1.165, 1.54) is 4.80 Å². The average molecular weight is 247 g/mol. The second-order valence-electron chi connectivity index (χ2n) is 4.13. The molecular formula is C12H17N5O. The summed E-state index contributed by atoms with van der Waals surface area (Å²) in [6.07, 6.45) is 0.358. The fourth-order valence-corrected chi connectivity index (χ4v) is 1.92. The fourth-order valence-electron chi connectivity index (χ4n) is 1.92. The van der Waals surface area contributed by atoms with Crippen molar-refractivity contribution < 1.29 is 4.74 Å². The minimum Gasteiger partial charge on any atom is -0.375 e. The highest BCUT2D eigenvalue weighted by Gasteiger charge is 2.21. The van der Waals surface area contributed by atoms with Crippen molar-refractivity contribution >= 4 is 0 Å². The quantitative estimate of drug-likeness (QED) is 0.830. The van der Waals surface area contributed by atoms with Gasteiger partial charge in [-0.1, -0.05) is 30.3 Å². The van der Waals surface area contributed by atoms with E-state index in [0.717, 1.165) is 5.56 Å². The van der Waals surface area contributed by atoms with Crippen LogP contribution >= 0.6 is 0 Å². The molecule has 96 valence electrons. The van der Waals surface area contributed by atoms with Gasteiger partial charge in [0.15, 0.2) is 5.82 Å². The fraction of sp³-hybridized carbons (Fsp3) is 0.417. The number of hydrogen-bond acceptors (Lipinski definition) is 5. The van der Waals surface area contributed by atoms with Crippen LogP contribution in [0.4, 0.5) is 0 Å². The number of tetrazole rings is 1. The van der Waals surface area contributed by atoms with E-state index in [1.54, 1.807) is 14.2 Å².